The number of amides is 2. The number of anilines is 2. The van der Waals surface area contributed by atoms with Gasteiger partial charge in [-0.2, -0.15) is 4.98 Å². The Morgan fingerprint density at radius 1 is 1.29 bits per heavy atom. The zero-order valence-corrected chi connectivity index (χ0v) is 22.8. The van der Waals surface area contributed by atoms with Crippen molar-refractivity contribution in [3.05, 3.63) is 47.0 Å². The minimum atomic E-state index is -0.299. The summed E-state index contributed by atoms with van der Waals surface area (Å²) in [5.41, 5.74) is 0.801. The number of fused-ring (bicyclic) bond motifs is 1. The number of ether oxygens (including phenoxy) is 1. The number of hydrogen-bond acceptors (Lipinski definition) is 8. The number of aromatic nitrogens is 2. The summed E-state index contributed by atoms with van der Waals surface area (Å²) >= 11 is 8.74. The first-order valence-electron chi connectivity index (χ1n) is 11.5. The van der Waals surface area contributed by atoms with Gasteiger partial charge in [0.05, 0.1) is 12.2 Å². The van der Waals surface area contributed by atoms with Crippen LogP contribution in [0.15, 0.2) is 42.0 Å². The number of allylic oxidation sites excluding steroid dienone is 1. The van der Waals surface area contributed by atoms with Gasteiger partial charge in [-0.15, -0.1) is 0 Å². The lowest BCUT2D eigenvalue weighted by atomic mass is 9.87. The number of hydrogen-bond donors (Lipinski definition) is 2. The van der Waals surface area contributed by atoms with Crippen molar-refractivity contribution in [3.63, 3.8) is 0 Å². The Labute approximate surface area is 223 Å². The molecule has 3 heterocycles. The molecule has 0 bridgehead atoms. The van der Waals surface area contributed by atoms with Crippen molar-refractivity contribution in [2.75, 3.05) is 50.1 Å². The molecule has 1 aliphatic carbocycles. The summed E-state index contributed by atoms with van der Waals surface area (Å²) in [6, 6.07) is -0.196. The van der Waals surface area contributed by atoms with Gasteiger partial charge in [0.15, 0.2) is 18.2 Å². The van der Waals surface area contributed by atoms with E-state index >= 15 is 0 Å². The molecule has 0 spiro atoms. The third-order valence-electron chi connectivity index (χ3n) is 6.05. The Bertz CT molecular complexity index is 1070. The quantitative estimate of drug-likeness (QED) is 0.357. The molecular weight excluding hydrogens is 585 g/mol. The van der Waals surface area contributed by atoms with Crippen LogP contribution in [0.3, 0.4) is 0 Å². The molecule has 1 fully saturated rings. The normalized spacial score (nSPS) is 22.5. The summed E-state index contributed by atoms with van der Waals surface area (Å²) in [5, 5.41) is 6.24. The largest absolute Gasteiger partial charge is 0.478 e. The first kappa shape index (κ1) is 25.7. The Hall–Kier alpha value is -2.38. The molecule has 0 aromatic carbocycles. The predicted molar refractivity (Wildman–Crippen MR) is 143 cm³/mol. The first-order valence-corrected chi connectivity index (χ1v) is 12.8. The molecule has 0 radical (unpaired) electrons. The third-order valence-corrected chi connectivity index (χ3v) is 7.29. The van der Waals surface area contributed by atoms with E-state index in [4.69, 9.17) is 16.3 Å². The highest BCUT2D eigenvalue weighted by Crippen LogP contribution is 2.33. The van der Waals surface area contributed by atoms with Crippen LogP contribution in [0.5, 0.6) is 0 Å². The van der Waals surface area contributed by atoms with Gasteiger partial charge in [0.25, 0.3) is 11.8 Å². The molecule has 2 N–H and O–H groups in total. The highest BCUT2D eigenvalue weighted by molar-refractivity contribution is 14.1. The molecule has 35 heavy (non-hydrogen) atoms. The topological polar surface area (TPSA) is 103 Å². The maximum Gasteiger partial charge on any atom is 0.289 e. The molecule has 1 aromatic heterocycles. The zero-order chi connectivity index (χ0) is 25.1. The minimum absolute atomic E-state index is 0.0447. The molecule has 2 atom stereocenters. The molecule has 2 unspecified atom stereocenters. The molecule has 12 heteroatoms. The van der Waals surface area contributed by atoms with Crippen LogP contribution in [0, 0.1) is 5.92 Å². The molecule has 4 rings (SSSR count). The molecule has 1 aromatic rings. The van der Waals surface area contributed by atoms with E-state index in [1.54, 1.807) is 17.2 Å². The maximum absolute atomic E-state index is 13.0. The van der Waals surface area contributed by atoms with Crippen LogP contribution in [-0.4, -0.2) is 81.7 Å². The van der Waals surface area contributed by atoms with Gasteiger partial charge >= 0.3 is 0 Å². The number of piperazine rings is 1. The number of carbonyl (C=O) groups is 2. The highest BCUT2D eigenvalue weighted by atomic mass is 127. The summed E-state index contributed by atoms with van der Waals surface area (Å²) < 4.78 is 7.82. The smallest absolute Gasteiger partial charge is 0.289 e. The van der Waals surface area contributed by atoms with Crippen molar-refractivity contribution in [3.8, 4) is 0 Å². The van der Waals surface area contributed by atoms with Crippen molar-refractivity contribution in [1.29, 1.82) is 0 Å². The second-order valence-electron chi connectivity index (χ2n) is 8.74. The maximum atomic E-state index is 13.0. The molecule has 0 saturated carbocycles. The lowest BCUT2D eigenvalue weighted by Gasteiger charge is -2.41. The molecular formula is C23H29ClIN7O3. The van der Waals surface area contributed by atoms with E-state index < -0.39 is 0 Å². The molecule has 2 aliphatic heterocycles. The number of rotatable bonds is 7. The number of likely N-dealkylation sites (N-methyl/N-ethyl adjacent to an activating group) is 1. The lowest BCUT2D eigenvalue weighted by Crippen LogP contribution is -2.51. The van der Waals surface area contributed by atoms with Crippen molar-refractivity contribution in [1.82, 2.24) is 23.3 Å². The zero-order valence-electron chi connectivity index (χ0n) is 19.9. The van der Waals surface area contributed by atoms with E-state index in [1.165, 1.54) is 7.05 Å². The second-order valence-corrected chi connectivity index (χ2v) is 10.5. The van der Waals surface area contributed by atoms with E-state index in [9.17, 15) is 9.59 Å². The first-order chi connectivity index (χ1) is 16.8. The van der Waals surface area contributed by atoms with Crippen LogP contribution in [-0.2, 0) is 14.3 Å². The fraction of sp³-hybridized carbons (Fsp3) is 0.478. The third kappa shape index (κ3) is 5.89. The van der Waals surface area contributed by atoms with E-state index in [1.807, 2.05) is 32.1 Å². The van der Waals surface area contributed by atoms with Crippen LogP contribution in [0.25, 0.3) is 0 Å². The van der Waals surface area contributed by atoms with Crippen LogP contribution in [0.4, 0.5) is 11.8 Å². The molecule has 1 saturated heterocycles. The highest BCUT2D eigenvalue weighted by Gasteiger charge is 2.38. The van der Waals surface area contributed by atoms with E-state index in [2.05, 4.69) is 51.5 Å². The van der Waals surface area contributed by atoms with Crippen LogP contribution in [0.1, 0.15) is 13.8 Å². The predicted octanol–water partition coefficient (Wildman–Crippen LogP) is 2.35. The average molecular weight is 614 g/mol. The van der Waals surface area contributed by atoms with Crippen LogP contribution < -0.4 is 15.5 Å². The van der Waals surface area contributed by atoms with Crippen molar-refractivity contribution >= 4 is 58.0 Å². The Balaban J connectivity index is 1.55. The van der Waals surface area contributed by atoms with Gasteiger partial charge in [0.2, 0.25) is 5.95 Å². The average Bonchev–Trinajstić information content (AvgIpc) is 2.84. The van der Waals surface area contributed by atoms with Gasteiger partial charge in [-0.3, -0.25) is 9.59 Å². The Morgan fingerprint density at radius 3 is 2.71 bits per heavy atom. The van der Waals surface area contributed by atoms with Gasteiger partial charge in [0, 0.05) is 73.7 Å². The number of carbonyl (C=O) groups excluding carboxylic acids is 2. The summed E-state index contributed by atoms with van der Waals surface area (Å²) in [6.45, 7) is 7.28. The Morgan fingerprint density at radius 2 is 2.03 bits per heavy atom. The van der Waals surface area contributed by atoms with E-state index in [0.717, 1.165) is 31.9 Å². The monoisotopic (exact) mass is 613 g/mol. The van der Waals surface area contributed by atoms with E-state index in [-0.39, 0.29) is 42.2 Å². The summed E-state index contributed by atoms with van der Waals surface area (Å²) in [6.07, 6.45) is 9.33. The van der Waals surface area contributed by atoms with Crippen molar-refractivity contribution < 1.29 is 14.3 Å². The fourth-order valence-electron chi connectivity index (χ4n) is 4.23. The van der Waals surface area contributed by atoms with Crippen molar-refractivity contribution in [2.45, 2.75) is 25.9 Å². The van der Waals surface area contributed by atoms with Gasteiger partial charge in [-0.05, 0) is 26.0 Å². The molecule has 3 aliphatic rings. The lowest BCUT2D eigenvalue weighted by molar-refractivity contribution is -0.137. The number of halogens is 2. The summed E-state index contributed by atoms with van der Waals surface area (Å²) in [5.74, 6) is 0.668. The second kappa shape index (κ2) is 11.1. The van der Waals surface area contributed by atoms with E-state index in [0.29, 0.717) is 16.8 Å². The Kier molecular flexibility index (Phi) is 8.17. The van der Waals surface area contributed by atoms with Gasteiger partial charge in [0.1, 0.15) is 5.02 Å². The number of nitrogens with zero attached hydrogens (tertiary/aromatic N) is 5. The SMILES string of the molecule is CNC(=O)COC1=CC2C=C(Nc3nc(N4CCN(I)CC4)ncc3Cl)C=CC2N(C(C)C)C1=O. The van der Waals surface area contributed by atoms with Gasteiger partial charge in [-0.1, -0.05) is 23.8 Å². The van der Waals surface area contributed by atoms with Gasteiger partial charge < -0.3 is 25.2 Å². The standard InChI is InChI=1S/C23H29ClIN7O3/c1-14(2)32-18-5-4-16(10-15(18)11-19(22(32)34)35-13-20(33)26-3)28-21-17(24)12-27-23(29-21)30-6-8-31(25)9-7-30/h4-5,10-12,14-15,18H,6-9,13H2,1-3H3,(H,26,33)(H,27,28,29). The summed E-state index contributed by atoms with van der Waals surface area (Å²) in [4.78, 5) is 37.7. The van der Waals surface area contributed by atoms with Crippen LogP contribution >= 0.6 is 34.5 Å². The fourth-order valence-corrected chi connectivity index (χ4v) is 4.80. The molecule has 188 valence electrons. The van der Waals surface area contributed by atoms with Gasteiger partial charge in [-0.25, -0.2) is 8.10 Å². The number of nitrogens with one attached hydrogen (secondary N) is 2. The molecule has 10 nitrogen and oxygen atoms in total. The minimum Gasteiger partial charge on any atom is -0.478 e. The van der Waals surface area contributed by atoms with Crippen LogP contribution in [0.2, 0.25) is 5.02 Å². The van der Waals surface area contributed by atoms with Crippen molar-refractivity contribution in [2.24, 2.45) is 5.92 Å². The summed E-state index contributed by atoms with van der Waals surface area (Å²) in [7, 11) is 1.53. The molecule has 2 amide bonds.